The molecule has 0 amide bonds. The molecule has 0 unspecified atom stereocenters. The molecule has 0 radical (unpaired) electrons. The monoisotopic (exact) mass is 450 g/mol. The molecule has 158 valence electrons. The first-order valence-electron chi connectivity index (χ1n) is 10.5. The van der Waals surface area contributed by atoms with Crippen molar-refractivity contribution in [3.05, 3.63) is 87.7 Å². The van der Waals surface area contributed by atoms with Gasteiger partial charge in [0.2, 0.25) is 0 Å². The number of likely N-dealkylation sites (tertiary alicyclic amines) is 1. The molecule has 0 atom stereocenters. The number of hydrogen-bond donors (Lipinski definition) is 0. The minimum Gasteiger partial charge on any atom is -0.492 e. The molecule has 2 aliphatic rings. The number of pyridine rings is 1. The van der Waals surface area contributed by atoms with Gasteiger partial charge in [0.1, 0.15) is 18.1 Å². The lowest BCUT2D eigenvalue weighted by atomic mass is 10.1. The number of aromatic nitrogens is 1. The molecule has 1 aliphatic carbocycles. The smallest absolute Gasteiger partial charge is 0.120 e. The van der Waals surface area contributed by atoms with Crippen molar-refractivity contribution in [3.63, 3.8) is 0 Å². The highest BCUT2D eigenvalue weighted by molar-refractivity contribution is 6.31. The van der Waals surface area contributed by atoms with Gasteiger partial charge in [-0.25, -0.2) is 4.98 Å². The third-order valence-electron chi connectivity index (χ3n) is 5.29. The molecule has 2 aromatic rings. The Labute approximate surface area is 194 Å². The molecule has 1 aromatic carbocycles. The first kappa shape index (κ1) is 21.7. The lowest BCUT2D eigenvalue weighted by molar-refractivity contribution is 0.238. The molecule has 2 heterocycles. The molecule has 0 spiro atoms. The lowest BCUT2D eigenvalue weighted by Crippen LogP contribution is -2.25. The number of benzene rings is 1. The number of hydrogen-bond acceptors (Lipinski definition) is 3. The van der Waals surface area contributed by atoms with E-state index in [-0.39, 0.29) is 0 Å². The van der Waals surface area contributed by atoms with Crippen molar-refractivity contribution in [2.75, 3.05) is 26.2 Å². The SMILES string of the molecule is ClC1=CC=C(c2ccc(C#Cc3ccc(OCCN4CCCC4)cc3Cl)nc2)C=CC1. The molecule has 3 nitrogen and oxygen atoms in total. The van der Waals surface area contributed by atoms with Crippen LogP contribution in [0.25, 0.3) is 5.57 Å². The Balaban J connectivity index is 1.37. The van der Waals surface area contributed by atoms with Crippen LogP contribution in [-0.4, -0.2) is 36.1 Å². The van der Waals surface area contributed by atoms with E-state index in [4.69, 9.17) is 27.9 Å². The summed E-state index contributed by atoms with van der Waals surface area (Å²) in [6.07, 6.45) is 13.2. The average Bonchev–Trinajstić information content (AvgIpc) is 3.20. The quantitative estimate of drug-likeness (QED) is 0.516. The summed E-state index contributed by atoms with van der Waals surface area (Å²) >= 11 is 12.5. The molecule has 5 heteroatoms. The Hall–Kier alpha value is -2.51. The van der Waals surface area contributed by atoms with E-state index in [2.05, 4.69) is 27.8 Å². The Morgan fingerprint density at radius 3 is 2.68 bits per heavy atom. The van der Waals surface area contributed by atoms with Gasteiger partial charge in [-0.3, -0.25) is 4.90 Å². The molecule has 0 bridgehead atoms. The van der Waals surface area contributed by atoms with Gasteiger partial charge < -0.3 is 4.74 Å². The summed E-state index contributed by atoms with van der Waals surface area (Å²) in [5.74, 6) is 6.97. The second kappa shape index (κ2) is 10.7. The summed E-state index contributed by atoms with van der Waals surface area (Å²) < 4.78 is 5.84. The zero-order valence-corrected chi connectivity index (χ0v) is 18.8. The third kappa shape index (κ3) is 6.24. The van der Waals surface area contributed by atoms with Gasteiger partial charge >= 0.3 is 0 Å². The molecule has 1 aromatic heterocycles. The first-order valence-corrected chi connectivity index (χ1v) is 11.3. The summed E-state index contributed by atoms with van der Waals surface area (Å²) in [6, 6.07) is 9.57. The van der Waals surface area contributed by atoms with Crippen LogP contribution in [0.15, 0.2) is 65.9 Å². The second-order valence-electron chi connectivity index (χ2n) is 7.56. The van der Waals surface area contributed by atoms with Gasteiger partial charge in [0.25, 0.3) is 0 Å². The van der Waals surface area contributed by atoms with Crippen LogP contribution in [0.1, 0.15) is 36.1 Å². The second-order valence-corrected chi connectivity index (χ2v) is 8.46. The largest absolute Gasteiger partial charge is 0.492 e. The molecular weight excluding hydrogens is 427 g/mol. The van der Waals surface area contributed by atoms with Crippen LogP contribution in [0.4, 0.5) is 0 Å². The zero-order valence-electron chi connectivity index (χ0n) is 17.3. The van der Waals surface area contributed by atoms with Crippen LogP contribution in [0.3, 0.4) is 0 Å². The molecule has 1 fully saturated rings. The summed E-state index contributed by atoms with van der Waals surface area (Å²) in [5.41, 5.74) is 3.55. The van der Waals surface area contributed by atoms with Crippen molar-refractivity contribution in [2.24, 2.45) is 0 Å². The maximum atomic E-state index is 6.41. The maximum absolute atomic E-state index is 6.41. The number of nitrogens with zero attached hydrogens (tertiary/aromatic N) is 2. The Morgan fingerprint density at radius 1 is 1.03 bits per heavy atom. The van der Waals surface area contributed by atoms with E-state index in [1.165, 1.54) is 25.9 Å². The minimum atomic E-state index is 0.584. The Morgan fingerprint density at radius 2 is 1.90 bits per heavy atom. The van der Waals surface area contributed by atoms with Crippen molar-refractivity contribution >= 4 is 28.8 Å². The standard InChI is InChI=1S/C26H24Cl2N2O/c27-23-5-3-4-20(6-10-23)22-8-12-24(29-19-22)11-7-21-9-13-25(18-26(21)28)31-17-16-30-14-1-2-15-30/h3-4,6,8-10,12-13,18-19H,1-2,5,14-17H2. The predicted octanol–water partition coefficient (Wildman–Crippen LogP) is 6.08. The summed E-state index contributed by atoms with van der Waals surface area (Å²) in [7, 11) is 0. The van der Waals surface area contributed by atoms with E-state index in [1.54, 1.807) is 0 Å². The molecule has 4 rings (SSSR count). The Kier molecular flexibility index (Phi) is 7.48. The molecule has 0 saturated carbocycles. The van der Waals surface area contributed by atoms with Gasteiger partial charge in [-0.05, 0) is 61.7 Å². The highest BCUT2D eigenvalue weighted by atomic mass is 35.5. The predicted molar refractivity (Wildman–Crippen MR) is 129 cm³/mol. The van der Waals surface area contributed by atoms with Gasteiger partial charge in [0.05, 0.1) is 5.02 Å². The van der Waals surface area contributed by atoms with Crippen molar-refractivity contribution in [1.29, 1.82) is 0 Å². The summed E-state index contributed by atoms with van der Waals surface area (Å²) in [6.45, 7) is 3.98. The normalized spacial score (nSPS) is 16.2. The van der Waals surface area contributed by atoms with Crippen molar-refractivity contribution in [3.8, 4) is 17.6 Å². The van der Waals surface area contributed by atoms with E-state index in [9.17, 15) is 0 Å². The number of halogens is 2. The van der Waals surface area contributed by atoms with Crippen LogP contribution in [0.2, 0.25) is 5.02 Å². The minimum absolute atomic E-state index is 0.584. The van der Waals surface area contributed by atoms with Gasteiger partial charge in [-0.15, -0.1) is 0 Å². The van der Waals surface area contributed by atoms with E-state index in [1.807, 2.05) is 54.8 Å². The molecule has 31 heavy (non-hydrogen) atoms. The average molecular weight is 451 g/mol. The highest BCUT2D eigenvalue weighted by Gasteiger charge is 2.11. The van der Waals surface area contributed by atoms with Crippen molar-refractivity contribution in [2.45, 2.75) is 19.3 Å². The van der Waals surface area contributed by atoms with Gasteiger partial charge in [0.15, 0.2) is 0 Å². The van der Waals surface area contributed by atoms with Gasteiger partial charge in [-0.1, -0.05) is 53.4 Å². The molecule has 0 N–H and O–H groups in total. The zero-order chi connectivity index (χ0) is 21.5. The van der Waals surface area contributed by atoms with E-state index >= 15 is 0 Å². The maximum Gasteiger partial charge on any atom is 0.120 e. The van der Waals surface area contributed by atoms with Crippen LogP contribution >= 0.6 is 23.2 Å². The number of ether oxygens (including phenoxy) is 1. The topological polar surface area (TPSA) is 25.4 Å². The van der Waals surface area contributed by atoms with Gasteiger partial charge in [-0.2, -0.15) is 0 Å². The number of allylic oxidation sites excluding steroid dienone is 6. The fourth-order valence-electron chi connectivity index (χ4n) is 3.55. The molecule has 1 aliphatic heterocycles. The van der Waals surface area contributed by atoms with E-state index in [0.717, 1.165) is 40.4 Å². The number of rotatable bonds is 5. The van der Waals surface area contributed by atoms with Crippen LogP contribution in [-0.2, 0) is 0 Å². The summed E-state index contributed by atoms with van der Waals surface area (Å²) in [4.78, 5) is 6.89. The van der Waals surface area contributed by atoms with Gasteiger partial charge in [0, 0.05) is 41.4 Å². The fraction of sp³-hybridized carbons (Fsp3) is 0.269. The Bertz CT molecular complexity index is 1070. The van der Waals surface area contributed by atoms with Crippen LogP contribution in [0, 0.1) is 11.8 Å². The van der Waals surface area contributed by atoms with E-state index in [0.29, 0.717) is 17.3 Å². The van der Waals surface area contributed by atoms with E-state index < -0.39 is 0 Å². The van der Waals surface area contributed by atoms with Crippen LogP contribution in [0.5, 0.6) is 5.75 Å². The molecular formula is C26H24Cl2N2O. The third-order valence-corrected chi connectivity index (χ3v) is 5.88. The summed E-state index contributed by atoms with van der Waals surface area (Å²) in [5, 5.41) is 1.40. The van der Waals surface area contributed by atoms with Crippen molar-refractivity contribution in [1.82, 2.24) is 9.88 Å². The fourth-order valence-corrected chi connectivity index (χ4v) is 3.92. The van der Waals surface area contributed by atoms with Crippen LogP contribution < -0.4 is 4.74 Å². The lowest BCUT2D eigenvalue weighted by Gasteiger charge is -2.15. The highest BCUT2D eigenvalue weighted by Crippen LogP contribution is 2.23. The molecule has 1 saturated heterocycles. The van der Waals surface area contributed by atoms with Crippen molar-refractivity contribution < 1.29 is 4.74 Å². The first-order chi connectivity index (χ1) is 15.2.